The van der Waals surface area contributed by atoms with Gasteiger partial charge in [0.1, 0.15) is 0 Å². The zero-order valence-electron chi connectivity index (χ0n) is 8.41. The summed E-state index contributed by atoms with van der Waals surface area (Å²) in [6.45, 7) is 1.87. The summed E-state index contributed by atoms with van der Waals surface area (Å²) in [7, 11) is 0. The van der Waals surface area contributed by atoms with E-state index in [1.165, 1.54) is 0 Å². The van der Waals surface area contributed by atoms with E-state index < -0.39 is 0 Å². The van der Waals surface area contributed by atoms with E-state index in [2.05, 4.69) is 21.2 Å². The van der Waals surface area contributed by atoms with Crippen LogP contribution in [0.5, 0.6) is 0 Å². The number of halogens is 2. The standard InChI is InChI=1S/C11H13BrClNO/c1-8(13)7-10(12)11(15)14-9-5-3-2-4-6-9/h2-6,8,10H,7H2,1H3,(H,14,15). The summed E-state index contributed by atoms with van der Waals surface area (Å²) in [5.41, 5.74) is 0.800. The molecule has 0 aliphatic heterocycles. The van der Waals surface area contributed by atoms with Gasteiger partial charge in [-0.3, -0.25) is 4.79 Å². The third-order valence-electron chi connectivity index (χ3n) is 1.86. The molecule has 4 heteroatoms. The van der Waals surface area contributed by atoms with Crippen molar-refractivity contribution in [2.45, 2.75) is 23.5 Å². The molecule has 0 aromatic heterocycles. The Hall–Kier alpha value is -0.540. The first-order valence-corrected chi connectivity index (χ1v) is 6.09. The Morgan fingerprint density at radius 2 is 2.07 bits per heavy atom. The Bertz CT molecular complexity index is 316. The molecular formula is C11H13BrClNO. The lowest BCUT2D eigenvalue weighted by Crippen LogP contribution is -2.24. The Labute approximate surface area is 103 Å². The quantitative estimate of drug-likeness (QED) is 0.846. The monoisotopic (exact) mass is 289 g/mol. The summed E-state index contributed by atoms with van der Waals surface area (Å²) in [6.07, 6.45) is 0.611. The maximum absolute atomic E-state index is 11.6. The number of benzene rings is 1. The van der Waals surface area contributed by atoms with E-state index >= 15 is 0 Å². The molecule has 1 N–H and O–H groups in total. The first kappa shape index (κ1) is 12.5. The van der Waals surface area contributed by atoms with Gasteiger partial charge in [-0.2, -0.15) is 0 Å². The number of carbonyl (C=O) groups excluding carboxylic acids is 1. The van der Waals surface area contributed by atoms with Crippen molar-refractivity contribution in [1.82, 2.24) is 0 Å². The molecule has 15 heavy (non-hydrogen) atoms. The van der Waals surface area contributed by atoms with E-state index in [-0.39, 0.29) is 16.1 Å². The number of hydrogen-bond acceptors (Lipinski definition) is 1. The van der Waals surface area contributed by atoms with Gasteiger partial charge in [-0.25, -0.2) is 0 Å². The van der Waals surface area contributed by atoms with Gasteiger partial charge in [-0.1, -0.05) is 34.1 Å². The smallest absolute Gasteiger partial charge is 0.238 e. The van der Waals surface area contributed by atoms with Crippen molar-refractivity contribution in [2.24, 2.45) is 0 Å². The molecule has 0 saturated carbocycles. The van der Waals surface area contributed by atoms with Gasteiger partial charge < -0.3 is 5.32 Å². The SMILES string of the molecule is CC(Cl)CC(Br)C(=O)Nc1ccccc1. The van der Waals surface area contributed by atoms with Crippen LogP contribution >= 0.6 is 27.5 Å². The highest BCUT2D eigenvalue weighted by Crippen LogP contribution is 2.15. The second-order valence-corrected chi connectivity index (χ2v) is 5.19. The lowest BCUT2D eigenvalue weighted by atomic mass is 10.2. The maximum atomic E-state index is 11.6. The van der Waals surface area contributed by atoms with Crippen LogP contribution in [0.3, 0.4) is 0 Å². The summed E-state index contributed by atoms with van der Waals surface area (Å²) in [5.74, 6) is -0.0614. The minimum atomic E-state index is -0.245. The van der Waals surface area contributed by atoms with Crippen LogP contribution in [-0.4, -0.2) is 16.1 Å². The predicted octanol–water partition coefficient (Wildman–Crippen LogP) is 3.41. The third kappa shape index (κ3) is 4.67. The second kappa shape index (κ2) is 6.13. The number of hydrogen-bond donors (Lipinski definition) is 1. The average Bonchev–Trinajstić information content (AvgIpc) is 2.18. The summed E-state index contributed by atoms with van der Waals surface area (Å²) < 4.78 is 0. The zero-order valence-corrected chi connectivity index (χ0v) is 10.8. The summed E-state index contributed by atoms with van der Waals surface area (Å²) in [6, 6.07) is 9.36. The lowest BCUT2D eigenvalue weighted by Gasteiger charge is -2.11. The van der Waals surface area contributed by atoms with Crippen molar-refractivity contribution in [3.63, 3.8) is 0 Å². The molecule has 82 valence electrons. The summed E-state index contributed by atoms with van der Waals surface area (Å²) in [4.78, 5) is 11.4. The van der Waals surface area contributed by atoms with Crippen LogP contribution < -0.4 is 5.32 Å². The van der Waals surface area contributed by atoms with Gasteiger partial charge in [-0.05, 0) is 25.5 Å². The highest BCUT2D eigenvalue weighted by atomic mass is 79.9. The molecule has 1 aromatic carbocycles. The topological polar surface area (TPSA) is 29.1 Å². The Morgan fingerprint density at radius 1 is 1.47 bits per heavy atom. The van der Waals surface area contributed by atoms with Crippen LogP contribution in [0.15, 0.2) is 30.3 Å². The van der Waals surface area contributed by atoms with E-state index in [0.29, 0.717) is 6.42 Å². The van der Waals surface area contributed by atoms with Crippen LogP contribution in [-0.2, 0) is 4.79 Å². The number of alkyl halides is 2. The minimum absolute atomic E-state index is 0.0177. The van der Waals surface area contributed by atoms with Crippen LogP contribution in [0.4, 0.5) is 5.69 Å². The third-order valence-corrected chi connectivity index (χ3v) is 2.83. The lowest BCUT2D eigenvalue weighted by molar-refractivity contribution is -0.115. The molecule has 0 radical (unpaired) electrons. The number of anilines is 1. The van der Waals surface area contributed by atoms with E-state index in [4.69, 9.17) is 11.6 Å². The number of nitrogens with one attached hydrogen (secondary N) is 1. The Kier molecular flexibility index (Phi) is 5.12. The summed E-state index contributed by atoms with van der Waals surface area (Å²) >= 11 is 9.11. The number of rotatable bonds is 4. The molecule has 2 atom stereocenters. The summed E-state index contributed by atoms with van der Waals surface area (Å²) in [5, 5.41) is 2.78. The number of carbonyl (C=O) groups is 1. The van der Waals surface area contributed by atoms with E-state index in [0.717, 1.165) is 5.69 Å². The van der Waals surface area contributed by atoms with Gasteiger partial charge in [0.05, 0.1) is 4.83 Å². The van der Waals surface area contributed by atoms with E-state index in [9.17, 15) is 4.79 Å². The highest BCUT2D eigenvalue weighted by Gasteiger charge is 2.16. The van der Waals surface area contributed by atoms with Crippen molar-refractivity contribution in [2.75, 3.05) is 5.32 Å². The van der Waals surface area contributed by atoms with Crippen LogP contribution in [0.2, 0.25) is 0 Å². The number of amides is 1. The van der Waals surface area contributed by atoms with Crippen molar-refractivity contribution in [3.05, 3.63) is 30.3 Å². The average molecular weight is 291 g/mol. The molecule has 0 heterocycles. The molecule has 0 saturated heterocycles. The van der Waals surface area contributed by atoms with Gasteiger partial charge in [0, 0.05) is 11.1 Å². The van der Waals surface area contributed by atoms with Crippen LogP contribution in [0.25, 0.3) is 0 Å². The molecular weight excluding hydrogens is 277 g/mol. The van der Waals surface area contributed by atoms with Crippen molar-refractivity contribution < 1.29 is 4.79 Å². The van der Waals surface area contributed by atoms with Gasteiger partial charge in [0.2, 0.25) is 5.91 Å². The molecule has 0 aliphatic carbocycles. The molecule has 2 unspecified atom stereocenters. The molecule has 1 amide bonds. The maximum Gasteiger partial charge on any atom is 0.238 e. The molecule has 0 spiro atoms. The molecule has 1 aromatic rings. The number of para-hydroxylation sites is 1. The van der Waals surface area contributed by atoms with Crippen LogP contribution in [0, 0.1) is 0 Å². The molecule has 0 bridgehead atoms. The molecule has 1 rings (SSSR count). The Balaban J connectivity index is 2.49. The zero-order chi connectivity index (χ0) is 11.3. The van der Waals surface area contributed by atoms with Gasteiger partial charge in [0.15, 0.2) is 0 Å². The van der Waals surface area contributed by atoms with Crippen LogP contribution in [0.1, 0.15) is 13.3 Å². The van der Waals surface area contributed by atoms with Gasteiger partial charge >= 0.3 is 0 Å². The fraction of sp³-hybridized carbons (Fsp3) is 0.364. The Morgan fingerprint density at radius 3 is 2.60 bits per heavy atom. The molecule has 0 aliphatic rings. The highest BCUT2D eigenvalue weighted by molar-refractivity contribution is 9.10. The fourth-order valence-corrected chi connectivity index (χ4v) is 2.20. The van der Waals surface area contributed by atoms with Gasteiger partial charge in [-0.15, -0.1) is 11.6 Å². The first-order valence-electron chi connectivity index (χ1n) is 4.73. The molecule has 2 nitrogen and oxygen atoms in total. The van der Waals surface area contributed by atoms with Crippen molar-refractivity contribution in [1.29, 1.82) is 0 Å². The van der Waals surface area contributed by atoms with E-state index in [1.54, 1.807) is 0 Å². The minimum Gasteiger partial charge on any atom is -0.325 e. The fourth-order valence-electron chi connectivity index (χ4n) is 1.13. The van der Waals surface area contributed by atoms with E-state index in [1.807, 2.05) is 37.3 Å². The largest absolute Gasteiger partial charge is 0.325 e. The van der Waals surface area contributed by atoms with Crippen molar-refractivity contribution in [3.8, 4) is 0 Å². The normalized spacial score (nSPS) is 14.3. The first-order chi connectivity index (χ1) is 7.09. The van der Waals surface area contributed by atoms with Gasteiger partial charge in [0.25, 0.3) is 0 Å². The molecule has 0 fully saturated rings. The second-order valence-electron chi connectivity index (χ2n) is 3.34. The van der Waals surface area contributed by atoms with Crippen molar-refractivity contribution >= 4 is 39.1 Å². The predicted molar refractivity (Wildman–Crippen MR) is 67.7 cm³/mol.